The maximum Gasteiger partial charge on any atom is 0.194 e. The minimum atomic E-state index is -0.410. The molecular formula is C15H14O3. The Labute approximate surface area is 105 Å². The second-order valence-electron chi connectivity index (χ2n) is 5.34. The fourth-order valence-corrected chi connectivity index (χ4v) is 2.99. The van der Waals surface area contributed by atoms with Crippen molar-refractivity contribution in [2.45, 2.75) is 27.2 Å². The first-order chi connectivity index (χ1) is 8.44. The summed E-state index contributed by atoms with van der Waals surface area (Å²) in [4.78, 5) is 24.3. The van der Waals surface area contributed by atoms with Crippen molar-refractivity contribution in [2.75, 3.05) is 0 Å². The van der Waals surface area contributed by atoms with Crippen LogP contribution >= 0.6 is 0 Å². The number of allylic oxidation sites excluding steroid dienone is 4. The Balaban J connectivity index is 2.30. The highest BCUT2D eigenvalue weighted by atomic mass is 16.3. The Bertz CT molecular complexity index is 643. The highest BCUT2D eigenvalue weighted by Crippen LogP contribution is 2.45. The van der Waals surface area contributed by atoms with Gasteiger partial charge in [-0.2, -0.15) is 0 Å². The molecule has 0 N–H and O–H groups in total. The van der Waals surface area contributed by atoms with Crippen molar-refractivity contribution in [1.82, 2.24) is 0 Å². The van der Waals surface area contributed by atoms with Gasteiger partial charge >= 0.3 is 0 Å². The summed E-state index contributed by atoms with van der Waals surface area (Å²) in [6.07, 6.45) is 5.65. The van der Waals surface area contributed by atoms with Crippen LogP contribution in [-0.4, -0.2) is 11.6 Å². The first-order valence-electron chi connectivity index (χ1n) is 6.00. The van der Waals surface area contributed by atoms with Crippen LogP contribution in [0.25, 0.3) is 0 Å². The van der Waals surface area contributed by atoms with Gasteiger partial charge in [-0.25, -0.2) is 0 Å². The van der Waals surface area contributed by atoms with Gasteiger partial charge in [-0.3, -0.25) is 9.59 Å². The molecule has 1 heterocycles. The number of hydrogen-bond donors (Lipinski definition) is 0. The molecule has 0 spiro atoms. The largest absolute Gasteiger partial charge is 0.468 e. The molecule has 1 atom stereocenters. The smallest absolute Gasteiger partial charge is 0.194 e. The maximum atomic E-state index is 12.6. The fraction of sp³-hybridized carbons (Fsp3) is 0.333. The van der Waals surface area contributed by atoms with Gasteiger partial charge in [-0.15, -0.1) is 0 Å². The Morgan fingerprint density at radius 3 is 2.72 bits per heavy atom. The van der Waals surface area contributed by atoms with E-state index < -0.39 is 5.41 Å². The molecule has 1 aromatic heterocycles. The predicted octanol–water partition coefficient (Wildman–Crippen LogP) is 2.79. The molecular weight excluding hydrogens is 228 g/mol. The normalized spacial score (nSPS) is 26.4. The highest BCUT2D eigenvalue weighted by molar-refractivity contribution is 6.19. The summed E-state index contributed by atoms with van der Waals surface area (Å²) >= 11 is 0. The summed E-state index contributed by atoms with van der Waals surface area (Å²) in [6.45, 7) is 5.57. The quantitative estimate of drug-likeness (QED) is 0.702. The lowest BCUT2D eigenvalue weighted by atomic mass is 9.66. The van der Waals surface area contributed by atoms with Crippen LogP contribution in [0, 0.1) is 12.3 Å². The zero-order chi connectivity index (χ0) is 13.1. The number of Topliss-reactive ketones (excluding diaryl/α,β-unsaturated/α-hetero) is 1. The van der Waals surface area contributed by atoms with Crippen LogP contribution in [0.4, 0.5) is 0 Å². The minimum Gasteiger partial charge on any atom is -0.468 e. The summed E-state index contributed by atoms with van der Waals surface area (Å²) in [5.41, 5.74) is 2.28. The van der Waals surface area contributed by atoms with Crippen molar-refractivity contribution in [3.05, 3.63) is 46.4 Å². The van der Waals surface area contributed by atoms with Gasteiger partial charge in [-0.05, 0) is 25.5 Å². The third kappa shape index (κ3) is 1.24. The first kappa shape index (κ1) is 11.2. The first-order valence-corrected chi connectivity index (χ1v) is 6.00. The molecule has 2 aliphatic rings. The van der Waals surface area contributed by atoms with Gasteiger partial charge < -0.3 is 4.42 Å². The van der Waals surface area contributed by atoms with Crippen LogP contribution in [0.2, 0.25) is 0 Å². The van der Waals surface area contributed by atoms with Crippen LogP contribution in [0.5, 0.6) is 0 Å². The number of carbonyl (C=O) groups excluding carboxylic acids is 2. The molecule has 0 aromatic carbocycles. The average molecular weight is 242 g/mol. The fourth-order valence-electron chi connectivity index (χ4n) is 2.99. The molecule has 0 bridgehead atoms. The molecule has 0 aliphatic heterocycles. The van der Waals surface area contributed by atoms with E-state index in [1.165, 1.54) is 0 Å². The van der Waals surface area contributed by atoms with Gasteiger partial charge in [0.2, 0.25) is 0 Å². The van der Waals surface area contributed by atoms with Crippen molar-refractivity contribution in [3.8, 4) is 0 Å². The lowest BCUT2D eigenvalue weighted by Crippen LogP contribution is -2.35. The van der Waals surface area contributed by atoms with Gasteiger partial charge in [0.05, 0.1) is 11.8 Å². The van der Waals surface area contributed by atoms with E-state index in [-0.39, 0.29) is 11.6 Å². The molecule has 0 unspecified atom stereocenters. The zero-order valence-corrected chi connectivity index (χ0v) is 10.7. The Morgan fingerprint density at radius 2 is 2.00 bits per heavy atom. The molecule has 92 valence electrons. The summed E-state index contributed by atoms with van der Waals surface area (Å²) in [5.74, 6) is 0.608. The zero-order valence-electron chi connectivity index (χ0n) is 10.7. The van der Waals surface area contributed by atoms with Gasteiger partial charge in [0, 0.05) is 23.0 Å². The molecule has 3 nitrogen and oxygen atoms in total. The minimum absolute atomic E-state index is 0.0554. The molecule has 3 rings (SSSR count). The van der Waals surface area contributed by atoms with E-state index in [1.54, 1.807) is 19.3 Å². The van der Waals surface area contributed by atoms with Crippen LogP contribution in [0.1, 0.15) is 35.5 Å². The second kappa shape index (κ2) is 3.31. The molecule has 18 heavy (non-hydrogen) atoms. The Morgan fingerprint density at radius 1 is 1.28 bits per heavy atom. The second-order valence-corrected chi connectivity index (χ2v) is 5.34. The third-order valence-electron chi connectivity index (χ3n) is 3.95. The molecule has 0 radical (unpaired) electrons. The van der Waals surface area contributed by atoms with Gasteiger partial charge in [0.15, 0.2) is 11.6 Å². The van der Waals surface area contributed by atoms with E-state index >= 15 is 0 Å². The van der Waals surface area contributed by atoms with E-state index in [0.29, 0.717) is 23.1 Å². The maximum absolute atomic E-state index is 12.6. The van der Waals surface area contributed by atoms with Crippen LogP contribution < -0.4 is 0 Å². The summed E-state index contributed by atoms with van der Waals surface area (Å²) in [7, 11) is 0. The van der Waals surface area contributed by atoms with Gasteiger partial charge in [-0.1, -0.05) is 13.0 Å². The van der Waals surface area contributed by atoms with Gasteiger partial charge in [0.25, 0.3) is 0 Å². The monoisotopic (exact) mass is 242 g/mol. The number of rotatable bonds is 0. The third-order valence-corrected chi connectivity index (χ3v) is 3.95. The number of hydrogen-bond acceptors (Lipinski definition) is 3. The number of furan rings is 1. The number of ketones is 2. The Kier molecular flexibility index (Phi) is 2.06. The molecule has 0 amide bonds. The number of aryl methyl sites for hydroxylation is 1. The highest BCUT2D eigenvalue weighted by Gasteiger charge is 2.44. The summed E-state index contributed by atoms with van der Waals surface area (Å²) in [6, 6.07) is 0. The standard InChI is InChI=1S/C15H14O3/c1-8-7-18-11-6-15(3)5-4-10(16)9(2)13(15)14(17)12(8)11/h4-5,7H,6H2,1-3H3/t15-/m1/s1. The van der Waals surface area contributed by atoms with E-state index in [4.69, 9.17) is 4.42 Å². The SMILES string of the molecule is CC1=C2C(=O)c3c(C)coc3C[C@@]2(C)C=CC1=O. The van der Waals surface area contributed by atoms with Crippen LogP contribution in [0.3, 0.4) is 0 Å². The van der Waals surface area contributed by atoms with Crippen molar-refractivity contribution < 1.29 is 14.0 Å². The van der Waals surface area contributed by atoms with E-state index in [2.05, 4.69) is 0 Å². The number of fused-ring (bicyclic) bond motifs is 2. The lowest BCUT2D eigenvalue weighted by molar-refractivity contribution is -0.111. The van der Waals surface area contributed by atoms with Gasteiger partial charge in [0.1, 0.15) is 5.76 Å². The van der Waals surface area contributed by atoms with Crippen molar-refractivity contribution in [1.29, 1.82) is 0 Å². The molecule has 3 heteroatoms. The molecule has 0 saturated carbocycles. The number of carbonyl (C=O) groups is 2. The molecule has 0 saturated heterocycles. The van der Waals surface area contributed by atoms with Crippen molar-refractivity contribution >= 4 is 11.6 Å². The lowest BCUT2D eigenvalue weighted by Gasteiger charge is -2.35. The topological polar surface area (TPSA) is 47.3 Å². The van der Waals surface area contributed by atoms with Crippen molar-refractivity contribution in [2.24, 2.45) is 5.41 Å². The van der Waals surface area contributed by atoms with E-state index in [9.17, 15) is 9.59 Å². The van der Waals surface area contributed by atoms with Crippen LogP contribution in [0.15, 0.2) is 34.0 Å². The molecule has 1 aromatic rings. The molecule has 0 fully saturated rings. The Hall–Kier alpha value is -1.90. The predicted molar refractivity (Wildman–Crippen MR) is 66.4 cm³/mol. The van der Waals surface area contributed by atoms with Crippen LogP contribution in [-0.2, 0) is 11.2 Å². The summed E-state index contributed by atoms with van der Waals surface area (Å²) < 4.78 is 5.47. The molecule has 2 aliphatic carbocycles. The van der Waals surface area contributed by atoms with E-state index in [1.807, 2.05) is 19.9 Å². The summed E-state index contributed by atoms with van der Waals surface area (Å²) in [5, 5.41) is 0. The average Bonchev–Trinajstić information content (AvgIpc) is 2.66. The van der Waals surface area contributed by atoms with E-state index in [0.717, 1.165) is 11.3 Å². The van der Waals surface area contributed by atoms with Crippen molar-refractivity contribution in [3.63, 3.8) is 0 Å².